The Kier molecular flexibility index (Phi) is 4.97. The number of rotatable bonds is 4. The number of aliphatic hydroxyl groups is 1. The molecule has 1 atom stereocenters. The first-order valence-electron chi connectivity index (χ1n) is 8.99. The van der Waals surface area contributed by atoms with Gasteiger partial charge in [0.1, 0.15) is 23.4 Å². The molecule has 30 heavy (non-hydrogen) atoms. The summed E-state index contributed by atoms with van der Waals surface area (Å²) in [7, 11) is 1.50. The Bertz CT molecular complexity index is 1150. The number of amides is 1. The van der Waals surface area contributed by atoms with Gasteiger partial charge in [-0.2, -0.15) is 0 Å². The third-order valence-electron chi connectivity index (χ3n) is 4.78. The molecule has 0 bridgehead atoms. The van der Waals surface area contributed by atoms with E-state index in [1.165, 1.54) is 37.7 Å². The van der Waals surface area contributed by atoms with Crippen molar-refractivity contribution in [3.8, 4) is 5.75 Å². The first-order chi connectivity index (χ1) is 14.5. The van der Waals surface area contributed by atoms with Gasteiger partial charge >= 0.3 is 5.91 Å². The highest BCUT2D eigenvalue weighted by molar-refractivity contribution is 6.51. The van der Waals surface area contributed by atoms with Crippen molar-refractivity contribution < 1.29 is 23.8 Å². The van der Waals surface area contributed by atoms with Crippen molar-refractivity contribution in [2.45, 2.75) is 6.04 Å². The van der Waals surface area contributed by atoms with Crippen LogP contribution in [0.15, 0.2) is 72.6 Å². The van der Waals surface area contributed by atoms with Crippen LogP contribution >= 0.6 is 0 Å². The van der Waals surface area contributed by atoms with Crippen LogP contribution < -0.4 is 9.64 Å². The zero-order valence-electron chi connectivity index (χ0n) is 15.8. The molecule has 1 aliphatic heterocycles. The Morgan fingerprint density at radius 1 is 1.03 bits per heavy atom. The number of aromatic nitrogens is 2. The topological polar surface area (TPSA) is 92.6 Å². The molecule has 1 unspecified atom stereocenters. The van der Waals surface area contributed by atoms with E-state index in [1.807, 2.05) is 0 Å². The molecule has 2 heterocycles. The summed E-state index contributed by atoms with van der Waals surface area (Å²) < 4.78 is 19.8. The van der Waals surface area contributed by atoms with Gasteiger partial charge in [0.25, 0.3) is 5.78 Å². The highest BCUT2D eigenvalue weighted by Gasteiger charge is 2.48. The van der Waals surface area contributed by atoms with Crippen LogP contribution in [0.5, 0.6) is 5.75 Å². The smallest absolute Gasteiger partial charge is 0.302 e. The number of carbonyl (C=O) groups is 2. The molecule has 150 valence electrons. The second kappa shape index (κ2) is 7.75. The summed E-state index contributed by atoms with van der Waals surface area (Å²) in [5, 5.41) is 10.9. The highest BCUT2D eigenvalue weighted by Crippen LogP contribution is 2.41. The van der Waals surface area contributed by atoms with Crippen LogP contribution in [-0.4, -0.2) is 33.9 Å². The molecule has 3 aromatic rings. The zero-order valence-corrected chi connectivity index (χ0v) is 15.8. The van der Waals surface area contributed by atoms with Gasteiger partial charge in [-0.25, -0.2) is 14.4 Å². The Morgan fingerprint density at radius 2 is 1.70 bits per heavy atom. The maximum absolute atomic E-state index is 14.7. The second-order valence-electron chi connectivity index (χ2n) is 6.47. The van der Waals surface area contributed by atoms with Crippen LogP contribution in [0.1, 0.15) is 17.2 Å². The predicted molar refractivity (Wildman–Crippen MR) is 106 cm³/mol. The Morgan fingerprint density at radius 3 is 2.33 bits per heavy atom. The second-order valence-corrected chi connectivity index (χ2v) is 6.47. The number of anilines is 1. The normalized spacial score (nSPS) is 17.9. The predicted octanol–water partition coefficient (Wildman–Crippen LogP) is 3.25. The largest absolute Gasteiger partial charge is 0.507 e. The monoisotopic (exact) mass is 405 g/mol. The summed E-state index contributed by atoms with van der Waals surface area (Å²) in [6.45, 7) is 0. The van der Waals surface area contributed by atoms with E-state index in [2.05, 4.69) is 9.97 Å². The van der Waals surface area contributed by atoms with Gasteiger partial charge in [-0.1, -0.05) is 18.2 Å². The lowest BCUT2D eigenvalue weighted by atomic mass is 9.95. The average molecular weight is 405 g/mol. The van der Waals surface area contributed by atoms with E-state index in [0.717, 1.165) is 4.90 Å². The molecule has 1 aliphatic rings. The van der Waals surface area contributed by atoms with Crippen molar-refractivity contribution in [2.24, 2.45) is 0 Å². The number of hydrogen-bond acceptors (Lipinski definition) is 6. The summed E-state index contributed by atoms with van der Waals surface area (Å²) in [6, 6.07) is 12.3. The minimum Gasteiger partial charge on any atom is -0.507 e. The van der Waals surface area contributed by atoms with Crippen LogP contribution in [0, 0.1) is 5.82 Å². The van der Waals surface area contributed by atoms with Crippen molar-refractivity contribution >= 4 is 23.4 Å². The van der Waals surface area contributed by atoms with E-state index < -0.39 is 29.3 Å². The maximum Gasteiger partial charge on any atom is 0.302 e. The fourth-order valence-corrected chi connectivity index (χ4v) is 3.35. The molecule has 1 fully saturated rings. The summed E-state index contributed by atoms with van der Waals surface area (Å²) in [5.41, 5.74) is 0.0750. The Hall–Kier alpha value is -4.07. The SMILES string of the molecule is COc1ccc(/C(O)=C2\C(=O)C(=O)N(c3ncccn3)C2c2ccccc2F)cc1. The number of methoxy groups -OCH3 is 1. The van der Waals surface area contributed by atoms with Gasteiger partial charge in [0.05, 0.1) is 12.7 Å². The summed E-state index contributed by atoms with van der Waals surface area (Å²) in [4.78, 5) is 34.8. The Balaban J connectivity index is 1.94. The molecule has 1 aromatic heterocycles. The van der Waals surface area contributed by atoms with E-state index in [4.69, 9.17) is 4.74 Å². The third-order valence-corrected chi connectivity index (χ3v) is 4.78. The number of hydrogen-bond donors (Lipinski definition) is 1. The standard InChI is InChI=1S/C22H16FN3O4/c1-30-14-9-7-13(8-10-14)19(27)17-18(15-5-2-3-6-16(15)23)26(21(29)20(17)28)22-24-11-4-12-25-22/h2-12,18,27H,1H3/b19-17+. The molecule has 1 amide bonds. The molecular formula is C22H16FN3O4. The highest BCUT2D eigenvalue weighted by atomic mass is 19.1. The number of benzene rings is 2. The molecule has 8 heteroatoms. The molecule has 2 aromatic carbocycles. The van der Waals surface area contributed by atoms with E-state index >= 15 is 0 Å². The van der Waals surface area contributed by atoms with Crippen molar-refractivity contribution in [2.75, 3.05) is 12.0 Å². The van der Waals surface area contributed by atoms with Crippen LogP contribution in [0.3, 0.4) is 0 Å². The van der Waals surface area contributed by atoms with E-state index in [-0.39, 0.29) is 22.6 Å². The molecule has 0 saturated carbocycles. The first kappa shape index (κ1) is 19.3. The maximum atomic E-state index is 14.7. The molecule has 4 rings (SSSR count). The van der Waals surface area contributed by atoms with Gasteiger partial charge in [-0.05, 0) is 36.4 Å². The quantitative estimate of drug-likeness (QED) is 0.407. The van der Waals surface area contributed by atoms with Gasteiger partial charge in [-0.3, -0.25) is 14.5 Å². The minimum absolute atomic E-state index is 0.0409. The van der Waals surface area contributed by atoms with Crippen LogP contribution in [-0.2, 0) is 9.59 Å². The fraction of sp³-hybridized carbons (Fsp3) is 0.0909. The van der Waals surface area contributed by atoms with Crippen molar-refractivity contribution in [1.29, 1.82) is 0 Å². The number of Topliss-reactive ketones (excluding diaryl/α,β-unsaturated/α-hetero) is 1. The molecular weight excluding hydrogens is 389 g/mol. The van der Waals surface area contributed by atoms with Crippen molar-refractivity contribution in [3.63, 3.8) is 0 Å². The van der Waals surface area contributed by atoms with Gasteiger partial charge < -0.3 is 9.84 Å². The van der Waals surface area contributed by atoms with Gasteiger partial charge in [0.15, 0.2) is 0 Å². The van der Waals surface area contributed by atoms with Crippen molar-refractivity contribution in [3.05, 3.63) is 89.5 Å². The van der Waals surface area contributed by atoms with E-state index in [9.17, 15) is 19.1 Å². The summed E-state index contributed by atoms with van der Waals surface area (Å²) in [6.07, 6.45) is 2.81. The Labute approximate surface area is 171 Å². The molecule has 7 nitrogen and oxygen atoms in total. The number of aliphatic hydroxyl groups excluding tert-OH is 1. The molecule has 0 radical (unpaired) electrons. The lowest BCUT2D eigenvalue weighted by molar-refractivity contribution is -0.132. The zero-order chi connectivity index (χ0) is 21.3. The first-order valence-corrected chi connectivity index (χ1v) is 8.99. The molecule has 1 N–H and O–H groups in total. The van der Waals surface area contributed by atoms with Gasteiger partial charge in [0, 0.05) is 23.5 Å². The average Bonchev–Trinajstić information content (AvgIpc) is 3.04. The summed E-state index contributed by atoms with van der Waals surface area (Å²) in [5.74, 6) is -2.49. The molecule has 1 saturated heterocycles. The number of carbonyl (C=O) groups excluding carboxylic acids is 2. The molecule has 0 aliphatic carbocycles. The fourth-order valence-electron chi connectivity index (χ4n) is 3.35. The van der Waals surface area contributed by atoms with Crippen molar-refractivity contribution in [1.82, 2.24) is 9.97 Å². The lowest BCUT2D eigenvalue weighted by Crippen LogP contribution is -2.31. The molecule has 0 spiro atoms. The van der Waals surface area contributed by atoms with Gasteiger partial charge in [-0.15, -0.1) is 0 Å². The van der Waals surface area contributed by atoms with Gasteiger partial charge in [0.2, 0.25) is 5.95 Å². The third kappa shape index (κ3) is 3.18. The summed E-state index contributed by atoms with van der Waals surface area (Å²) >= 11 is 0. The number of ether oxygens (including phenoxy) is 1. The number of halogens is 1. The van der Waals surface area contributed by atoms with E-state index in [1.54, 1.807) is 36.4 Å². The van der Waals surface area contributed by atoms with Crippen LogP contribution in [0.2, 0.25) is 0 Å². The van der Waals surface area contributed by atoms with E-state index in [0.29, 0.717) is 5.75 Å². The number of nitrogens with zero attached hydrogens (tertiary/aromatic N) is 3. The minimum atomic E-state index is -1.23. The number of ketones is 1. The van der Waals surface area contributed by atoms with Crippen LogP contribution in [0.4, 0.5) is 10.3 Å². The van der Waals surface area contributed by atoms with Crippen LogP contribution in [0.25, 0.3) is 5.76 Å². The lowest BCUT2D eigenvalue weighted by Gasteiger charge is -2.23.